The Bertz CT molecular complexity index is 446. The van der Waals surface area contributed by atoms with Crippen LogP contribution in [0.3, 0.4) is 0 Å². The molecule has 7 heteroatoms. The van der Waals surface area contributed by atoms with Gasteiger partial charge in [-0.3, -0.25) is 4.79 Å². The maximum absolute atomic E-state index is 11.2. The molecule has 1 aromatic heterocycles. The zero-order valence-electron chi connectivity index (χ0n) is 9.47. The van der Waals surface area contributed by atoms with Crippen LogP contribution < -0.4 is 21.1 Å². The van der Waals surface area contributed by atoms with E-state index < -0.39 is 5.91 Å². The molecule has 0 bridgehead atoms. The summed E-state index contributed by atoms with van der Waals surface area (Å²) >= 11 is 1.21. The highest BCUT2D eigenvalue weighted by molar-refractivity contribution is 7.19. The van der Waals surface area contributed by atoms with Gasteiger partial charge in [0.15, 0.2) is 5.75 Å². The van der Waals surface area contributed by atoms with E-state index in [1.54, 1.807) is 0 Å². The predicted octanol–water partition coefficient (Wildman–Crippen LogP) is 0.00880. The molecule has 94 valence electrons. The fourth-order valence-electron chi connectivity index (χ4n) is 1.93. The number of carbonyl (C=O) groups is 1. The second-order valence-electron chi connectivity index (χ2n) is 3.94. The van der Waals surface area contributed by atoms with E-state index in [4.69, 9.17) is 16.2 Å². The number of amides is 1. The molecule has 0 saturated carbocycles. The van der Waals surface area contributed by atoms with Crippen molar-refractivity contribution in [2.45, 2.75) is 12.5 Å². The Balaban J connectivity index is 2.39. The summed E-state index contributed by atoms with van der Waals surface area (Å²) < 4.78 is 5.21. The Morgan fingerprint density at radius 3 is 2.82 bits per heavy atom. The van der Waals surface area contributed by atoms with E-state index in [2.05, 4.69) is 0 Å². The lowest BCUT2D eigenvalue weighted by Crippen LogP contribution is -2.20. The number of anilines is 2. The zero-order valence-corrected chi connectivity index (χ0v) is 10.3. The zero-order chi connectivity index (χ0) is 12.6. The minimum absolute atomic E-state index is 0.279. The minimum Gasteiger partial charge on any atom is -0.492 e. The van der Waals surface area contributed by atoms with Crippen LogP contribution in [0.25, 0.3) is 0 Å². The van der Waals surface area contributed by atoms with Crippen LogP contribution in [0.5, 0.6) is 5.75 Å². The Hall–Kier alpha value is -1.47. The van der Waals surface area contributed by atoms with Gasteiger partial charge >= 0.3 is 0 Å². The average molecular weight is 257 g/mol. The van der Waals surface area contributed by atoms with Crippen LogP contribution in [0.4, 0.5) is 10.7 Å². The molecular formula is C10H15N3O3S. The second kappa shape index (κ2) is 4.42. The van der Waals surface area contributed by atoms with Gasteiger partial charge in [0.05, 0.1) is 13.2 Å². The summed E-state index contributed by atoms with van der Waals surface area (Å²) in [5, 5.41) is 10.3. The summed E-state index contributed by atoms with van der Waals surface area (Å²) in [5.41, 5.74) is 11.3. The van der Waals surface area contributed by atoms with Crippen LogP contribution in [0, 0.1) is 0 Å². The fraction of sp³-hybridized carbons (Fsp3) is 0.500. The molecule has 0 aliphatic carbocycles. The molecule has 2 heterocycles. The number of aliphatic hydroxyl groups excluding tert-OH is 1. The lowest BCUT2D eigenvalue weighted by Gasteiger charge is -2.16. The molecule has 1 aromatic rings. The van der Waals surface area contributed by atoms with Gasteiger partial charge in [-0.15, -0.1) is 11.3 Å². The molecular weight excluding hydrogens is 242 g/mol. The van der Waals surface area contributed by atoms with Gasteiger partial charge in [0.1, 0.15) is 15.6 Å². The molecule has 1 aliphatic heterocycles. The molecule has 0 spiro atoms. The van der Waals surface area contributed by atoms with Crippen LogP contribution in [0.1, 0.15) is 16.1 Å². The average Bonchev–Trinajstić information content (AvgIpc) is 2.82. The summed E-state index contributed by atoms with van der Waals surface area (Å²) in [6, 6.07) is 0. The third-order valence-electron chi connectivity index (χ3n) is 2.76. The van der Waals surface area contributed by atoms with Crippen molar-refractivity contribution in [3.05, 3.63) is 4.88 Å². The standard InChI is InChI=1S/C10H15N3O3S/c1-16-7-6(11)8(9(12)15)17-10(7)13-3-2-5(14)4-13/h5,14H,2-4,11H2,1H3,(H2,12,15). The molecule has 2 rings (SSSR count). The van der Waals surface area contributed by atoms with Crippen molar-refractivity contribution < 1.29 is 14.6 Å². The van der Waals surface area contributed by atoms with Crippen LogP contribution >= 0.6 is 11.3 Å². The first-order valence-electron chi connectivity index (χ1n) is 5.23. The van der Waals surface area contributed by atoms with Crippen molar-refractivity contribution in [2.24, 2.45) is 5.73 Å². The number of rotatable bonds is 3. The normalized spacial score (nSPS) is 19.6. The van der Waals surface area contributed by atoms with Crippen LogP contribution in [0.2, 0.25) is 0 Å². The largest absolute Gasteiger partial charge is 0.492 e. The lowest BCUT2D eigenvalue weighted by atomic mass is 10.3. The molecule has 6 nitrogen and oxygen atoms in total. The first kappa shape index (κ1) is 12.0. The van der Waals surface area contributed by atoms with Gasteiger partial charge < -0.3 is 26.2 Å². The topological polar surface area (TPSA) is 102 Å². The number of hydrogen-bond donors (Lipinski definition) is 3. The molecule has 1 atom stereocenters. The van der Waals surface area contributed by atoms with E-state index in [9.17, 15) is 9.90 Å². The van der Waals surface area contributed by atoms with Crippen molar-refractivity contribution in [3.8, 4) is 5.75 Å². The maximum atomic E-state index is 11.2. The number of β-amino-alcohol motifs (C(OH)–C–C–N with tert-alkyl or cyclic N) is 1. The second-order valence-corrected chi connectivity index (χ2v) is 4.94. The molecule has 0 aromatic carbocycles. The number of aliphatic hydroxyl groups is 1. The third-order valence-corrected chi connectivity index (χ3v) is 4.02. The van der Waals surface area contributed by atoms with Gasteiger partial charge in [-0.05, 0) is 6.42 Å². The fourth-order valence-corrected chi connectivity index (χ4v) is 3.01. The van der Waals surface area contributed by atoms with Crippen molar-refractivity contribution in [1.29, 1.82) is 0 Å². The van der Waals surface area contributed by atoms with E-state index in [-0.39, 0.29) is 11.8 Å². The van der Waals surface area contributed by atoms with E-state index in [0.717, 1.165) is 11.5 Å². The quantitative estimate of drug-likeness (QED) is 0.708. The Kier molecular flexibility index (Phi) is 3.12. The SMILES string of the molecule is COc1c(N2CCC(O)C2)sc(C(N)=O)c1N. The summed E-state index contributed by atoms with van der Waals surface area (Å²) in [6.45, 7) is 1.24. The first-order chi connectivity index (χ1) is 8.04. The maximum Gasteiger partial charge on any atom is 0.261 e. The van der Waals surface area contributed by atoms with Crippen LogP contribution in [-0.4, -0.2) is 37.3 Å². The number of thiophene rings is 1. The highest BCUT2D eigenvalue weighted by Crippen LogP contribution is 2.45. The summed E-state index contributed by atoms with van der Waals surface area (Å²) in [7, 11) is 1.50. The van der Waals surface area contributed by atoms with Crippen molar-refractivity contribution in [3.63, 3.8) is 0 Å². The van der Waals surface area contributed by atoms with Crippen molar-refractivity contribution in [1.82, 2.24) is 0 Å². The third kappa shape index (κ3) is 2.03. The molecule has 0 radical (unpaired) electrons. The molecule has 1 saturated heterocycles. The minimum atomic E-state index is -0.559. The lowest BCUT2D eigenvalue weighted by molar-refractivity contribution is 0.100. The number of ether oxygens (including phenoxy) is 1. The van der Waals surface area contributed by atoms with Crippen molar-refractivity contribution >= 4 is 27.9 Å². The number of nitrogen functional groups attached to an aromatic ring is 1. The number of hydrogen-bond acceptors (Lipinski definition) is 6. The van der Waals surface area contributed by atoms with Gasteiger partial charge in [-0.2, -0.15) is 0 Å². The summed E-state index contributed by atoms with van der Waals surface area (Å²) in [5.74, 6) is -0.0882. The number of primary amides is 1. The van der Waals surface area contributed by atoms with Gasteiger partial charge in [0.25, 0.3) is 5.91 Å². The molecule has 1 unspecified atom stereocenters. The monoisotopic (exact) mass is 257 g/mol. The van der Waals surface area contributed by atoms with Crippen LogP contribution in [0.15, 0.2) is 0 Å². The molecule has 1 amide bonds. The van der Waals surface area contributed by atoms with E-state index in [0.29, 0.717) is 23.6 Å². The number of nitrogens with zero attached hydrogens (tertiary/aromatic N) is 1. The Morgan fingerprint density at radius 1 is 1.65 bits per heavy atom. The summed E-state index contributed by atoms with van der Waals surface area (Å²) in [6.07, 6.45) is 0.354. The summed E-state index contributed by atoms with van der Waals surface area (Å²) in [4.78, 5) is 13.5. The van der Waals surface area contributed by atoms with E-state index in [1.807, 2.05) is 4.90 Å². The molecule has 1 fully saturated rings. The Morgan fingerprint density at radius 2 is 2.35 bits per heavy atom. The number of methoxy groups -OCH3 is 1. The highest BCUT2D eigenvalue weighted by Gasteiger charge is 2.28. The highest BCUT2D eigenvalue weighted by atomic mass is 32.1. The molecule has 17 heavy (non-hydrogen) atoms. The van der Waals surface area contributed by atoms with Gasteiger partial charge in [-0.25, -0.2) is 0 Å². The van der Waals surface area contributed by atoms with Crippen molar-refractivity contribution in [2.75, 3.05) is 30.8 Å². The number of nitrogens with two attached hydrogens (primary N) is 2. The van der Waals surface area contributed by atoms with Gasteiger partial charge in [-0.1, -0.05) is 0 Å². The molecule has 5 N–H and O–H groups in total. The molecule has 1 aliphatic rings. The van der Waals surface area contributed by atoms with E-state index in [1.165, 1.54) is 18.4 Å². The smallest absolute Gasteiger partial charge is 0.261 e. The van der Waals surface area contributed by atoms with Crippen LogP contribution in [-0.2, 0) is 0 Å². The number of carbonyl (C=O) groups excluding carboxylic acids is 1. The predicted molar refractivity (Wildman–Crippen MR) is 66.6 cm³/mol. The first-order valence-corrected chi connectivity index (χ1v) is 6.05. The van der Waals surface area contributed by atoms with Gasteiger partial charge in [0, 0.05) is 13.1 Å². The van der Waals surface area contributed by atoms with E-state index >= 15 is 0 Å². The Labute approximate surface area is 103 Å². The van der Waals surface area contributed by atoms with Gasteiger partial charge in [0.2, 0.25) is 0 Å².